The molecule has 0 aliphatic carbocycles. The topological polar surface area (TPSA) is 99.2 Å². The van der Waals surface area contributed by atoms with E-state index in [0.717, 1.165) is 5.69 Å². The predicted octanol–water partition coefficient (Wildman–Crippen LogP) is 0.160. The van der Waals surface area contributed by atoms with Crippen molar-refractivity contribution in [2.75, 3.05) is 37.8 Å². The molecule has 0 radical (unpaired) electrons. The quantitative estimate of drug-likeness (QED) is 0.533. The molecule has 0 saturated heterocycles. The van der Waals surface area contributed by atoms with Crippen molar-refractivity contribution < 1.29 is 20.1 Å². The summed E-state index contributed by atoms with van der Waals surface area (Å²) in [5.41, 5.74) is 6.45. The number of hydrogen-bond acceptors (Lipinski definition) is 6. The first-order valence-corrected chi connectivity index (χ1v) is 6.68. The number of rotatable bonds is 7. The van der Waals surface area contributed by atoms with Crippen LogP contribution in [-0.4, -0.2) is 54.5 Å². The van der Waals surface area contributed by atoms with Crippen LogP contribution in [0, 0.1) is 0 Å². The minimum atomic E-state index is -0.366. The molecule has 1 atom stereocenters. The number of hydrogen-bond donors (Lipinski definition) is 4. The Labute approximate surface area is 120 Å². The minimum absolute atomic E-state index is 0.0401. The van der Waals surface area contributed by atoms with Gasteiger partial charge in [0.05, 0.1) is 13.2 Å². The Hall–Kier alpha value is -1.34. The van der Waals surface area contributed by atoms with Crippen molar-refractivity contribution in [3.63, 3.8) is 0 Å². The standard InChI is InChI=1S/C12H20N2O3.C2H6O/c1-10(13)17-12-4-2-3-11(9-12)14(5-7-15)6-8-16;1-2-3/h2-4,9-10,15-16H,5-8,13H2,1H3;3H,2H2,1H3. The van der Waals surface area contributed by atoms with Crippen molar-refractivity contribution in [3.8, 4) is 5.75 Å². The number of benzene rings is 1. The Bertz CT molecular complexity index is 342. The van der Waals surface area contributed by atoms with Crippen LogP contribution in [0.2, 0.25) is 0 Å². The molecule has 0 aliphatic heterocycles. The van der Waals surface area contributed by atoms with Gasteiger partial charge in [0.25, 0.3) is 0 Å². The Morgan fingerprint density at radius 3 is 2.20 bits per heavy atom. The minimum Gasteiger partial charge on any atom is -0.476 e. The molecule has 6 nitrogen and oxygen atoms in total. The highest BCUT2D eigenvalue weighted by atomic mass is 16.5. The van der Waals surface area contributed by atoms with Crippen LogP contribution < -0.4 is 15.4 Å². The summed E-state index contributed by atoms with van der Waals surface area (Å²) in [6.45, 7) is 4.72. The van der Waals surface area contributed by atoms with Gasteiger partial charge in [0, 0.05) is 31.5 Å². The maximum atomic E-state index is 8.96. The summed E-state index contributed by atoms with van der Waals surface area (Å²) in [6.07, 6.45) is -0.366. The Kier molecular flexibility index (Phi) is 10.7. The fraction of sp³-hybridized carbons (Fsp3) is 0.571. The second-order valence-corrected chi connectivity index (χ2v) is 4.07. The molecule has 5 N–H and O–H groups in total. The molecule has 0 heterocycles. The largest absolute Gasteiger partial charge is 0.476 e. The van der Waals surface area contributed by atoms with Gasteiger partial charge in [-0.05, 0) is 26.0 Å². The van der Waals surface area contributed by atoms with Crippen molar-refractivity contribution in [3.05, 3.63) is 24.3 Å². The van der Waals surface area contributed by atoms with Crippen molar-refractivity contribution in [2.24, 2.45) is 5.73 Å². The van der Waals surface area contributed by atoms with E-state index in [1.54, 1.807) is 13.8 Å². The molecule has 6 heteroatoms. The summed E-state index contributed by atoms with van der Waals surface area (Å²) in [5.74, 6) is 0.679. The lowest BCUT2D eigenvalue weighted by molar-refractivity contribution is 0.230. The van der Waals surface area contributed by atoms with Crippen molar-refractivity contribution in [1.82, 2.24) is 0 Å². The first kappa shape index (κ1) is 18.7. The molecular weight excluding hydrogens is 260 g/mol. The molecule has 0 saturated carbocycles. The lowest BCUT2D eigenvalue weighted by Gasteiger charge is -2.23. The van der Waals surface area contributed by atoms with Crippen LogP contribution in [0.15, 0.2) is 24.3 Å². The second kappa shape index (κ2) is 11.5. The zero-order chi connectivity index (χ0) is 15.4. The van der Waals surface area contributed by atoms with Crippen LogP contribution in [0.25, 0.3) is 0 Å². The Balaban J connectivity index is 0.00000110. The second-order valence-electron chi connectivity index (χ2n) is 4.07. The van der Waals surface area contributed by atoms with E-state index in [4.69, 9.17) is 25.8 Å². The van der Waals surface area contributed by atoms with Gasteiger partial charge in [-0.2, -0.15) is 0 Å². The third kappa shape index (κ3) is 7.96. The van der Waals surface area contributed by atoms with Crippen molar-refractivity contribution >= 4 is 5.69 Å². The number of aliphatic hydroxyl groups excluding tert-OH is 3. The molecule has 1 aromatic carbocycles. The van der Waals surface area contributed by atoms with Gasteiger partial charge in [-0.1, -0.05) is 6.07 Å². The number of ether oxygens (including phenoxy) is 1. The van der Waals surface area contributed by atoms with E-state index in [2.05, 4.69) is 0 Å². The van der Waals surface area contributed by atoms with Crippen molar-refractivity contribution in [2.45, 2.75) is 20.1 Å². The van der Waals surface area contributed by atoms with E-state index >= 15 is 0 Å². The SMILES string of the molecule is CC(N)Oc1cccc(N(CCO)CCO)c1.CCO. The summed E-state index contributed by atoms with van der Waals surface area (Å²) in [6, 6.07) is 7.42. The average molecular weight is 286 g/mol. The molecule has 0 amide bonds. The normalized spacial score (nSPS) is 11.3. The maximum Gasteiger partial charge on any atom is 0.144 e. The molecule has 1 unspecified atom stereocenters. The van der Waals surface area contributed by atoms with Gasteiger partial charge in [-0.25, -0.2) is 0 Å². The zero-order valence-electron chi connectivity index (χ0n) is 12.2. The third-order valence-electron chi connectivity index (χ3n) is 2.24. The van der Waals surface area contributed by atoms with Crippen LogP contribution in [0.3, 0.4) is 0 Å². The van der Waals surface area contributed by atoms with Crippen LogP contribution in [-0.2, 0) is 0 Å². The smallest absolute Gasteiger partial charge is 0.144 e. The molecular formula is C14H26N2O4. The molecule has 116 valence electrons. The third-order valence-corrected chi connectivity index (χ3v) is 2.24. The summed E-state index contributed by atoms with van der Waals surface area (Å²) in [4.78, 5) is 1.88. The highest BCUT2D eigenvalue weighted by Gasteiger charge is 2.07. The molecule has 0 aromatic heterocycles. The molecule has 1 rings (SSSR count). The van der Waals surface area contributed by atoms with E-state index in [0.29, 0.717) is 18.8 Å². The van der Waals surface area contributed by atoms with Gasteiger partial charge in [0.1, 0.15) is 12.0 Å². The van der Waals surface area contributed by atoms with Crippen LogP contribution >= 0.6 is 0 Å². The number of aliphatic hydroxyl groups is 3. The van der Waals surface area contributed by atoms with Crippen molar-refractivity contribution in [1.29, 1.82) is 0 Å². The highest BCUT2D eigenvalue weighted by molar-refractivity contribution is 5.50. The number of nitrogens with two attached hydrogens (primary N) is 1. The monoisotopic (exact) mass is 286 g/mol. The van der Waals surface area contributed by atoms with Crippen LogP contribution in [0.4, 0.5) is 5.69 Å². The van der Waals surface area contributed by atoms with Gasteiger partial charge >= 0.3 is 0 Å². The molecule has 1 aromatic rings. The van der Waals surface area contributed by atoms with Crippen LogP contribution in [0.5, 0.6) is 5.75 Å². The summed E-state index contributed by atoms with van der Waals surface area (Å²) < 4.78 is 5.39. The molecule has 0 aliphatic rings. The number of nitrogens with zero attached hydrogens (tertiary/aromatic N) is 1. The average Bonchev–Trinajstić information content (AvgIpc) is 2.39. The van der Waals surface area contributed by atoms with Gasteiger partial charge in [0.15, 0.2) is 0 Å². The fourth-order valence-corrected chi connectivity index (χ4v) is 1.58. The van der Waals surface area contributed by atoms with E-state index in [1.165, 1.54) is 0 Å². The molecule has 20 heavy (non-hydrogen) atoms. The lowest BCUT2D eigenvalue weighted by atomic mass is 10.2. The first-order chi connectivity index (χ1) is 9.58. The summed E-state index contributed by atoms with van der Waals surface area (Å²) in [7, 11) is 0. The molecule has 0 spiro atoms. The van der Waals surface area contributed by atoms with Gasteiger partial charge < -0.3 is 25.0 Å². The predicted molar refractivity (Wildman–Crippen MR) is 79.9 cm³/mol. The van der Waals surface area contributed by atoms with E-state index < -0.39 is 0 Å². The summed E-state index contributed by atoms with van der Waals surface area (Å²) in [5, 5.41) is 25.5. The first-order valence-electron chi connectivity index (χ1n) is 6.68. The Morgan fingerprint density at radius 2 is 1.75 bits per heavy atom. The summed E-state index contributed by atoms with van der Waals surface area (Å²) >= 11 is 0. The van der Waals surface area contributed by atoms with E-state index in [1.807, 2.05) is 29.2 Å². The highest BCUT2D eigenvalue weighted by Crippen LogP contribution is 2.21. The molecule has 0 bridgehead atoms. The Morgan fingerprint density at radius 1 is 1.20 bits per heavy atom. The van der Waals surface area contributed by atoms with E-state index in [-0.39, 0.29) is 26.0 Å². The maximum absolute atomic E-state index is 8.96. The van der Waals surface area contributed by atoms with Gasteiger partial charge in [-0.3, -0.25) is 5.73 Å². The van der Waals surface area contributed by atoms with Crippen LogP contribution in [0.1, 0.15) is 13.8 Å². The lowest BCUT2D eigenvalue weighted by Crippen LogP contribution is -2.29. The molecule has 0 fully saturated rings. The van der Waals surface area contributed by atoms with Gasteiger partial charge in [0.2, 0.25) is 0 Å². The number of anilines is 1. The zero-order valence-corrected chi connectivity index (χ0v) is 12.2. The van der Waals surface area contributed by atoms with Gasteiger partial charge in [-0.15, -0.1) is 0 Å². The van der Waals surface area contributed by atoms with E-state index in [9.17, 15) is 0 Å². The fourth-order valence-electron chi connectivity index (χ4n) is 1.58.